The van der Waals surface area contributed by atoms with Crippen molar-refractivity contribution < 1.29 is 23.9 Å². The highest BCUT2D eigenvalue weighted by atomic mass is 16.6. The molecule has 3 atom stereocenters. The van der Waals surface area contributed by atoms with Gasteiger partial charge in [-0.05, 0) is 70.9 Å². The zero-order chi connectivity index (χ0) is 27.8. The van der Waals surface area contributed by atoms with E-state index in [4.69, 9.17) is 10.5 Å². The van der Waals surface area contributed by atoms with Crippen LogP contribution in [0.4, 0.5) is 4.79 Å². The number of rotatable bonds is 12. The molecule has 0 radical (unpaired) electrons. The smallest absolute Gasteiger partial charge is 0.408 e. The van der Waals surface area contributed by atoms with Gasteiger partial charge in [0, 0.05) is 12.1 Å². The molecule has 3 unspecified atom stereocenters. The van der Waals surface area contributed by atoms with Crippen molar-refractivity contribution in [3.05, 3.63) is 35.4 Å². The third-order valence-electron chi connectivity index (χ3n) is 6.46. The van der Waals surface area contributed by atoms with Crippen LogP contribution in [0.2, 0.25) is 0 Å². The van der Waals surface area contributed by atoms with Gasteiger partial charge in [-0.3, -0.25) is 14.4 Å². The van der Waals surface area contributed by atoms with E-state index in [9.17, 15) is 19.2 Å². The van der Waals surface area contributed by atoms with Crippen molar-refractivity contribution in [3.63, 3.8) is 0 Å². The fourth-order valence-electron chi connectivity index (χ4n) is 4.41. The number of primary amides is 1. The molecule has 2 rings (SSSR count). The van der Waals surface area contributed by atoms with E-state index >= 15 is 0 Å². The van der Waals surface area contributed by atoms with Crippen LogP contribution in [-0.2, 0) is 25.5 Å². The maximum atomic E-state index is 14.0. The van der Waals surface area contributed by atoms with Crippen LogP contribution >= 0.6 is 0 Å². The van der Waals surface area contributed by atoms with Gasteiger partial charge in [0.15, 0.2) is 0 Å². The number of benzene rings is 1. The van der Waals surface area contributed by atoms with Crippen LogP contribution in [0.3, 0.4) is 0 Å². The molecule has 1 aromatic carbocycles. The minimum Gasteiger partial charge on any atom is -0.444 e. The molecule has 0 bridgehead atoms. The first-order valence-electron chi connectivity index (χ1n) is 13.3. The Labute approximate surface area is 220 Å². The molecule has 37 heavy (non-hydrogen) atoms. The molecule has 9 nitrogen and oxygen atoms in total. The molecule has 0 aliphatic heterocycles. The summed E-state index contributed by atoms with van der Waals surface area (Å²) in [5, 5.41) is 5.59. The summed E-state index contributed by atoms with van der Waals surface area (Å²) in [6.07, 6.45) is 3.69. The number of amides is 4. The van der Waals surface area contributed by atoms with Gasteiger partial charge in [0.2, 0.25) is 17.7 Å². The Kier molecular flexibility index (Phi) is 10.9. The Morgan fingerprint density at radius 3 is 2.16 bits per heavy atom. The number of hydrogen-bond donors (Lipinski definition) is 3. The molecule has 0 saturated heterocycles. The standard InChI is InChI=1S/C28H44N4O5/c1-7-10-18(3)30-25(34)24(20-15-13-19(8-2)14-16-20)32(21-11-9-12-21)26(35)22(17-23(29)33)31-27(36)37-28(4,5)6/h13-16,18,21-22,24H,7-12,17H2,1-6H3,(H2,29,33)(H,30,34)(H,31,36). The lowest BCUT2D eigenvalue weighted by molar-refractivity contribution is -0.148. The number of carbonyl (C=O) groups is 4. The fourth-order valence-corrected chi connectivity index (χ4v) is 4.41. The number of nitrogens with one attached hydrogen (secondary N) is 2. The van der Waals surface area contributed by atoms with Crippen LogP contribution in [0.1, 0.15) is 97.2 Å². The zero-order valence-electron chi connectivity index (χ0n) is 23.1. The van der Waals surface area contributed by atoms with Crippen LogP contribution in [0.15, 0.2) is 24.3 Å². The number of ether oxygens (including phenoxy) is 1. The van der Waals surface area contributed by atoms with Gasteiger partial charge in [0.1, 0.15) is 17.7 Å². The van der Waals surface area contributed by atoms with Gasteiger partial charge >= 0.3 is 6.09 Å². The van der Waals surface area contributed by atoms with E-state index in [0.29, 0.717) is 5.56 Å². The number of nitrogens with two attached hydrogens (primary N) is 1. The molecule has 1 aliphatic rings. The molecule has 4 amide bonds. The summed E-state index contributed by atoms with van der Waals surface area (Å²) in [6.45, 7) is 11.1. The molecule has 206 valence electrons. The van der Waals surface area contributed by atoms with E-state index in [1.54, 1.807) is 25.7 Å². The van der Waals surface area contributed by atoms with Crippen LogP contribution < -0.4 is 16.4 Å². The second kappa shape index (κ2) is 13.4. The summed E-state index contributed by atoms with van der Waals surface area (Å²) in [5.74, 6) is -1.56. The first-order valence-corrected chi connectivity index (χ1v) is 13.3. The fraction of sp³-hybridized carbons (Fsp3) is 0.643. The topological polar surface area (TPSA) is 131 Å². The summed E-state index contributed by atoms with van der Waals surface area (Å²) >= 11 is 0. The SMILES string of the molecule is CCCC(C)NC(=O)C(c1ccc(CC)cc1)N(C(=O)C(CC(N)=O)NC(=O)OC(C)(C)C)C1CCC1. The lowest BCUT2D eigenvalue weighted by atomic mass is 9.87. The van der Waals surface area contributed by atoms with Crippen molar-refractivity contribution in [3.8, 4) is 0 Å². The van der Waals surface area contributed by atoms with Crippen molar-refractivity contribution in [2.45, 2.75) is 116 Å². The van der Waals surface area contributed by atoms with Crippen LogP contribution in [0.25, 0.3) is 0 Å². The first kappa shape index (κ1) is 30.1. The Morgan fingerprint density at radius 2 is 1.70 bits per heavy atom. The van der Waals surface area contributed by atoms with Gasteiger partial charge in [-0.25, -0.2) is 4.79 Å². The number of aryl methyl sites for hydroxylation is 1. The van der Waals surface area contributed by atoms with Crippen LogP contribution in [0.5, 0.6) is 0 Å². The van der Waals surface area contributed by atoms with Crippen LogP contribution in [0, 0.1) is 0 Å². The van der Waals surface area contributed by atoms with Crippen molar-refractivity contribution in [1.82, 2.24) is 15.5 Å². The van der Waals surface area contributed by atoms with Gasteiger partial charge < -0.3 is 26.0 Å². The minimum atomic E-state index is -1.26. The first-order chi connectivity index (χ1) is 17.4. The Balaban J connectivity index is 2.49. The van der Waals surface area contributed by atoms with Crippen LogP contribution in [-0.4, -0.2) is 52.4 Å². The molecule has 1 saturated carbocycles. The van der Waals surface area contributed by atoms with E-state index in [0.717, 1.165) is 44.1 Å². The summed E-state index contributed by atoms with van der Waals surface area (Å²) < 4.78 is 5.33. The molecule has 1 fully saturated rings. The predicted molar refractivity (Wildman–Crippen MR) is 143 cm³/mol. The highest BCUT2D eigenvalue weighted by Gasteiger charge is 2.42. The Morgan fingerprint density at radius 1 is 1.08 bits per heavy atom. The van der Waals surface area contributed by atoms with E-state index in [1.165, 1.54) is 0 Å². The second-order valence-corrected chi connectivity index (χ2v) is 10.9. The van der Waals surface area contributed by atoms with E-state index in [1.807, 2.05) is 45.0 Å². The Bertz CT molecular complexity index is 937. The number of nitrogens with zero attached hydrogens (tertiary/aromatic N) is 1. The maximum absolute atomic E-state index is 14.0. The quantitative estimate of drug-likeness (QED) is 0.389. The van der Waals surface area contributed by atoms with Crippen molar-refractivity contribution >= 4 is 23.8 Å². The number of hydrogen-bond acceptors (Lipinski definition) is 5. The molecular weight excluding hydrogens is 472 g/mol. The van der Waals surface area contributed by atoms with Gasteiger partial charge in [-0.2, -0.15) is 0 Å². The van der Waals surface area contributed by atoms with Crippen molar-refractivity contribution in [2.75, 3.05) is 0 Å². The highest BCUT2D eigenvalue weighted by molar-refractivity contribution is 5.94. The lowest BCUT2D eigenvalue weighted by Gasteiger charge is -2.43. The third-order valence-corrected chi connectivity index (χ3v) is 6.46. The predicted octanol–water partition coefficient (Wildman–Crippen LogP) is 3.74. The second-order valence-electron chi connectivity index (χ2n) is 10.9. The molecule has 4 N–H and O–H groups in total. The summed E-state index contributed by atoms with van der Waals surface area (Å²) in [6, 6.07) is 5.20. The van der Waals surface area contributed by atoms with Gasteiger partial charge in [0.05, 0.1) is 6.42 Å². The van der Waals surface area contributed by atoms with E-state index in [-0.39, 0.29) is 18.0 Å². The van der Waals surface area contributed by atoms with E-state index < -0.39 is 42.0 Å². The summed E-state index contributed by atoms with van der Waals surface area (Å²) in [5.41, 5.74) is 6.45. The third kappa shape index (κ3) is 9.05. The molecule has 0 aromatic heterocycles. The average Bonchev–Trinajstić information content (AvgIpc) is 2.75. The van der Waals surface area contributed by atoms with Gasteiger partial charge in [0.25, 0.3) is 0 Å². The minimum absolute atomic E-state index is 0.0745. The molecule has 9 heteroatoms. The molecule has 1 aliphatic carbocycles. The zero-order valence-corrected chi connectivity index (χ0v) is 23.1. The molecule has 0 spiro atoms. The number of alkyl carbamates (subject to hydrolysis) is 1. The molecular formula is C28H44N4O5. The normalized spacial score (nSPS) is 16.1. The molecule has 0 heterocycles. The summed E-state index contributed by atoms with van der Waals surface area (Å²) in [7, 11) is 0. The lowest BCUT2D eigenvalue weighted by Crippen LogP contribution is -2.58. The van der Waals surface area contributed by atoms with Crippen molar-refractivity contribution in [2.24, 2.45) is 5.73 Å². The monoisotopic (exact) mass is 516 g/mol. The Hall–Kier alpha value is -3.10. The van der Waals surface area contributed by atoms with E-state index in [2.05, 4.69) is 10.6 Å². The highest BCUT2D eigenvalue weighted by Crippen LogP contribution is 2.34. The van der Waals surface area contributed by atoms with Gasteiger partial charge in [-0.1, -0.05) is 44.5 Å². The summed E-state index contributed by atoms with van der Waals surface area (Å²) in [4.78, 5) is 53.8. The van der Waals surface area contributed by atoms with Gasteiger partial charge in [-0.15, -0.1) is 0 Å². The van der Waals surface area contributed by atoms with Crippen molar-refractivity contribution in [1.29, 1.82) is 0 Å². The molecule has 1 aromatic rings. The average molecular weight is 517 g/mol. The number of carbonyl (C=O) groups excluding carboxylic acids is 4. The maximum Gasteiger partial charge on any atom is 0.408 e. The largest absolute Gasteiger partial charge is 0.444 e.